The molecule has 0 N–H and O–H groups in total. The number of aryl methyl sites for hydroxylation is 1. The van der Waals surface area contributed by atoms with Crippen molar-refractivity contribution in [1.29, 1.82) is 0 Å². The maximum atomic E-state index is 13.4. The van der Waals surface area contributed by atoms with Gasteiger partial charge in [-0.25, -0.2) is 9.67 Å². The van der Waals surface area contributed by atoms with Gasteiger partial charge in [-0.05, 0) is 24.1 Å². The quantitative estimate of drug-likeness (QED) is 0.531. The largest absolute Gasteiger partial charge is 0.337 e. The first-order valence-electron chi connectivity index (χ1n) is 9.97. The average molecular weight is 399 g/mol. The van der Waals surface area contributed by atoms with E-state index < -0.39 is 0 Å². The molecule has 1 aliphatic heterocycles. The molecule has 1 aliphatic rings. The number of para-hydroxylation sites is 1. The minimum Gasteiger partial charge on any atom is -0.337 e. The lowest BCUT2D eigenvalue weighted by Gasteiger charge is -2.15. The molecule has 4 aromatic rings. The van der Waals surface area contributed by atoms with Gasteiger partial charge >= 0.3 is 0 Å². The van der Waals surface area contributed by atoms with Crippen LogP contribution < -0.4 is 5.56 Å². The van der Waals surface area contributed by atoms with Crippen LogP contribution in [0.1, 0.15) is 28.4 Å². The molecule has 1 atom stereocenters. The molecular formula is C23H21N5O2. The van der Waals surface area contributed by atoms with E-state index in [1.54, 1.807) is 7.05 Å². The predicted molar refractivity (Wildman–Crippen MR) is 114 cm³/mol. The van der Waals surface area contributed by atoms with Crippen LogP contribution in [-0.4, -0.2) is 43.2 Å². The Hall–Kier alpha value is -3.74. The summed E-state index contributed by atoms with van der Waals surface area (Å²) in [5.41, 5.74) is 2.59. The predicted octanol–water partition coefficient (Wildman–Crippen LogP) is 2.75. The molecule has 0 saturated carbocycles. The van der Waals surface area contributed by atoms with E-state index >= 15 is 0 Å². The average Bonchev–Trinajstić information content (AvgIpc) is 3.43. The van der Waals surface area contributed by atoms with E-state index in [2.05, 4.69) is 22.2 Å². The second-order valence-electron chi connectivity index (χ2n) is 7.60. The van der Waals surface area contributed by atoms with Gasteiger partial charge < -0.3 is 9.47 Å². The van der Waals surface area contributed by atoms with E-state index in [0.29, 0.717) is 30.0 Å². The van der Waals surface area contributed by atoms with E-state index in [9.17, 15) is 9.59 Å². The van der Waals surface area contributed by atoms with Gasteiger partial charge in [-0.2, -0.15) is 5.10 Å². The first-order chi connectivity index (χ1) is 14.6. The van der Waals surface area contributed by atoms with Gasteiger partial charge in [0.05, 0.1) is 12.0 Å². The van der Waals surface area contributed by atoms with Crippen LogP contribution in [0, 0.1) is 0 Å². The van der Waals surface area contributed by atoms with Gasteiger partial charge in [0.1, 0.15) is 5.52 Å². The SMILES string of the molecule is Cn1cnc2c(C(=O)N3CC[C@@H](c4ccccc4)C3)nn(-c3ccccc3)c2c1=O. The van der Waals surface area contributed by atoms with Gasteiger partial charge in [0.25, 0.3) is 11.5 Å². The van der Waals surface area contributed by atoms with E-state index in [-0.39, 0.29) is 17.2 Å². The Kier molecular flexibility index (Phi) is 4.43. The number of carbonyl (C=O) groups is 1. The zero-order valence-corrected chi connectivity index (χ0v) is 16.6. The van der Waals surface area contributed by atoms with Crippen molar-refractivity contribution < 1.29 is 4.79 Å². The number of aromatic nitrogens is 4. The fourth-order valence-corrected chi connectivity index (χ4v) is 4.08. The monoisotopic (exact) mass is 399 g/mol. The topological polar surface area (TPSA) is 73.0 Å². The second kappa shape index (κ2) is 7.26. The highest BCUT2D eigenvalue weighted by Gasteiger charge is 2.31. The molecular weight excluding hydrogens is 378 g/mol. The van der Waals surface area contributed by atoms with Gasteiger partial charge in [-0.3, -0.25) is 9.59 Å². The number of nitrogens with zero attached hydrogens (tertiary/aromatic N) is 5. The van der Waals surface area contributed by atoms with Crippen molar-refractivity contribution >= 4 is 16.9 Å². The Labute approximate surface area is 173 Å². The molecule has 0 aliphatic carbocycles. The lowest BCUT2D eigenvalue weighted by Crippen LogP contribution is -2.29. The van der Waals surface area contributed by atoms with Crippen LogP contribution in [0.5, 0.6) is 0 Å². The van der Waals surface area contributed by atoms with Gasteiger partial charge in [0.15, 0.2) is 11.2 Å². The Balaban J connectivity index is 1.56. The normalized spacial score (nSPS) is 16.3. The Morgan fingerprint density at radius 1 is 1.03 bits per heavy atom. The fourth-order valence-electron chi connectivity index (χ4n) is 4.08. The van der Waals surface area contributed by atoms with Crippen LogP contribution in [0.25, 0.3) is 16.7 Å². The number of benzene rings is 2. The van der Waals surface area contributed by atoms with Gasteiger partial charge in [-0.15, -0.1) is 0 Å². The van der Waals surface area contributed by atoms with Gasteiger partial charge in [-0.1, -0.05) is 48.5 Å². The van der Waals surface area contributed by atoms with Crippen LogP contribution in [-0.2, 0) is 7.05 Å². The molecule has 30 heavy (non-hydrogen) atoms. The highest BCUT2D eigenvalue weighted by Crippen LogP contribution is 2.29. The van der Waals surface area contributed by atoms with Crippen LogP contribution in [0.2, 0.25) is 0 Å². The highest BCUT2D eigenvalue weighted by molar-refractivity contribution is 6.03. The summed E-state index contributed by atoms with van der Waals surface area (Å²) in [6.07, 6.45) is 2.34. The van der Waals surface area contributed by atoms with Gasteiger partial charge in [0.2, 0.25) is 0 Å². The molecule has 1 fully saturated rings. The Bertz CT molecular complexity index is 1280. The first-order valence-corrected chi connectivity index (χ1v) is 9.97. The highest BCUT2D eigenvalue weighted by atomic mass is 16.2. The lowest BCUT2D eigenvalue weighted by molar-refractivity contribution is 0.0786. The van der Waals surface area contributed by atoms with Crippen molar-refractivity contribution in [3.63, 3.8) is 0 Å². The van der Waals surface area contributed by atoms with Crippen LogP contribution in [0.3, 0.4) is 0 Å². The van der Waals surface area contributed by atoms with Crippen molar-refractivity contribution in [3.05, 3.63) is 88.6 Å². The molecule has 0 bridgehead atoms. The van der Waals surface area contributed by atoms with Crippen molar-refractivity contribution in [2.24, 2.45) is 7.05 Å². The first kappa shape index (κ1) is 18.3. The molecule has 1 amide bonds. The number of carbonyl (C=O) groups excluding carboxylic acids is 1. The lowest BCUT2D eigenvalue weighted by atomic mass is 9.99. The molecule has 7 heteroatoms. The molecule has 2 aromatic heterocycles. The number of likely N-dealkylation sites (tertiary alicyclic amines) is 1. The molecule has 0 spiro atoms. The Morgan fingerprint density at radius 2 is 1.73 bits per heavy atom. The standard InChI is InChI=1S/C23H21N5O2/c1-26-15-24-19-20(25-28(21(19)23(26)30)18-10-6-3-7-11-18)22(29)27-13-12-17(14-27)16-8-4-2-5-9-16/h2-11,15,17H,12-14H2,1H3/t17-/m1/s1. The summed E-state index contributed by atoms with van der Waals surface area (Å²) in [4.78, 5) is 32.4. The molecule has 2 aromatic carbocycles. The van der Waals surface area contributed by atoms with Crippen LogP contribution >= 0.6 is 0 Å². The summed E-state index contributed by atoms with van der Waals surface area (Å²) in [7, 11) is 1.64. The summed E-state index contributed by atoms with van der Waals surface area (Å²) in [6.45, 7) is 1.29. The van der Waals surface area contributed by atoms with Crippen molar-refractivity contribution in [1.82, 2.24) is 24.2 Å². The van der Waals surface area contributed by atoms with Crippen LogP contribution in [0.4, 0.5) is 0 Å². The summed E-state index contributed by atoms with van der Waals surface area (Å²) < 4.78 is 2.93. The van der Waals surface area contributed by atoms with Crippen molar-refractivity contribution in [3.8, 4) is 5.69 Å². The molecule has 1 saturated heterocycles. The van der Waals surface area contributed by atoms with E-state index in [1.165, 1.54) is 21.1 Å². The summed E-state index contributed by atoms with van der Waals surface area (Å²) in [5.74, 6) is 0.118. The van der Waals surface area contributed by atoms with Gasteiger partial charge in [0, 0.05) is 26.1 Å². The summed E-state index contributed by atoms with van der Waals surface area (Å²) >= 11 is 0. The Morgan fingerprint density at radius 3 is 2.47 bits per heavy atom. The summed E-state index contributed by atoms with van der Waals surface area (Å²) in [5, 5.41) is 4.55. The minimum absolute atomic E-state index is 0.186. The maximum Gasteiger partial charge on any atom is 0.279 e. The molecule has 0 unspecified atom stereocenters. The zero-order valence-electron chi connectivity index (χ0n) is 16.6. The smallest absolute Gasteiger partial charge is 0.279 e. The minimum atomic E-state index is -0.237. The molecule has 7 nitrogen and oxygen atoms in total. The van der Waals surface area contributed by atoms with Crippen molar-refractivity contribution in [2.45, 2.75) is 12.3 Å². The zero-order chi connectivity index (χ0) is 20.7. The third kappa shape index (κ3) is 2.99. The summed E-state index contributed by atoms with van der Waals surface area (Å²) in [6, 6.07) is 19.6. The second-order valence-corrected chi connectivity index (χ2v) is 7.60. The van der Waals surface area contributed by atoms with Crippen molar-refractivity contribution in [2.75, 3.05) is 13.1 Å². The van der Waals surface area contributed by atoms with E-state index in [0.717, 1.165) is 12.1 Å². The molecule has 150 valence electrons. The van der Waals surface area contributed by atoms with Crippen LogP contribution in [0.15, 0.2) is 71.8 Å². The molecule has 3 heterocycles. The maximum absolute atomic E-state index is 13.4. The number of amides is 1. The number of rotatable bonds is 3. The van der Waals surface area contributed by atoms with E-state index in [4.69, 9.17) is 0 Å². The third-order valence-corrected chi connectivity index (χ3v) is 5.69. The number of hydrogen-bond acceptors (Lipinski definition) is 4. The van der Waals surface area contributed by atoms with E-state index in [1.807, 2.05) is 53.4 Å². The third-order valence-electron chi connectivity index (χ3n) is 5.69. The molecule has 5 rings (SSSR count). The fraction of sp³-hybridized carbons (Fsp3) is 0.217. The number of hydrogen-bond donors (Lipinski definition) is 0. The molecule has 0 radical (unpaired) electrons. The number of fused-ring (bicyclic) bond motifs is 1.